The molecule has 530 valence electrons. The molecular weight excluding hydrogens is 1540 g/mol. The molecule has 0 saturated carbocycles. The maximum Gasteiger partial charge on any atom is 0.335 e. The van der Waals surface area contributed by atoms with Gasteiger partial charge in [0.25, 0.3) is 16.7 Å². The first-order valence-corrected chi connectivity index (χ1v) is 40.6. The summed E-state index contributed by atoms with van der Waals surface area (Å²) in [5.74, 6) is 1.47. The molecule has 26 heteroatoms. The summed E-state index contributed by atoms with van der Waals surface area (Å²) in [5.41, 5.74) is 4.79. The van der Waals surface area contributed by atoms with Gasteiger partial charge in [-0.2, -0.15) is 0 Å². The van der Waals surface area contributed by atoms with E-state index in [1.807, 2.05) is 84.7 Å². The Morgan fingerprint density at radius 3 is 1.29 bits per heavy atom. The van der Waals surface area contributed by atoms with E-state index in [0.717, 1.165) is 43.9 Å². The molecule has 6 aromatic heterocycles. The number of furan rings is 3. The van der Waals surface area contributed by atoms with Crippen molar-refractivity contribution < 1.29 is 28.2 Å². The maximum absolute atomic E-state index is 13.9. The van der Waals surface area contributed by atoms with Crippen molar-refractivity contribution in [3.8, 4) is 34.0 Å². The molecule has 12 aromatic rings. The fourth-order valence-corrected chi connectivity index (χ4v) is 13.1. The van der Waals surface area contributed by atoms with Crippen molar-refractivity contribution in [2.75, 3.05) is 24.8 Å². The van der Waals surface area contributed by atoms with Gasteiger partial charge in [0.2, 0.25) is 17.1 Å². The molecule has 0 spiro atoms. The number of unbranched alkanes of at least 4 members (excludes halogenated alkanes) is 1. The standard InChI is InChI=1S/C29H34Cl2N2O4Si.C23H20Cl2N2O4.C22H18Cl2N2O4.CH3I/c1-5-6-14-32-27(34)25-24(17-20-10-12-22(30)13-11-20)26(21-8-7-9-23(31)18-21)37-28(25)33(29(32)35)19-36-15-16-38(2,3)4;1-26-22-19(21(29)27(23(26)30)10-3-11-28)18(12-14-6-8-16(24)9-7-14)20(31-22)15-4-2-5-17(25)13-15;23-15-7-5-13(6-8-15)11-17-18-20(25-22(29)26(21(18)28)9-2-10-27)30-19(17)14-3-1-4-16(24)12-14;1-2/h7-13,18H,5-6,14-17,19H2,1-4H3;2,4-9,13,28H,3,10-12H2,1H3;1,3-8,12,27H,2,9-11H2,(H,25,29);1H3. The molecule has 6 heterocycles. The highest BCUT2D eigenvalue weighted by Gasteiger charge is 2.28. The lowest BCUT2D eigenvalue weighted by Crippen LogP contribution is -2.40. The molecule has 0 unspecified atom stereocenters. The molecule has 0 fully saturated rings. The quantitative estimate of drug-likeness (QED) is 0.0235. The first-order valence-electron chi connectivity index (χ1n) is 32.5. The molecule has 0 saturated heterocycles. The maximum atomic E-state index is 13.9. The van der Waals surface area contributed by atoms with Crippen LogP contribution in [0.15, 0.2) is 188 Å². The van der Waals surface area contributed by atoms with Gasteiger partial charge in [-0.25, -0.2) is 19.0 Å². The lowest BCUT2D eigenvalue weighted by Gasteiger charge is -2.16. The van der Waals surface area contributed by atoms with Crippen LogP contribution < -0.4 is 33.7 Å². The van der Waals surface area contributed by atoms with Crippen LogP contribution in [0.5, 0.6) is 0 Å². The molecule has 6 aromatic carbocycles. The van der Waals surface area contributed by atoms with Crippen LogP contribution in [0, 0.1) is 0 Å². The summed E-state index contributed by atoms with van der Waals surface area (Å²) in [6.07, 6.45) is 3.37. The molecule has 0 aliphatic heterocycles. The highest BCUT2D eigenvalue weighted by atomic mass is 127. The number of H-pyrrole nitrogens is 1. The predicted molar refractivity (Wildman–Crippen MR) is 418 cm³/mol. The molecule has 3 N–H and O–H groups in total. The van der Waals surface area contributed by atoms with E-state index in [1.165, 1.54) is 13.7 Å². The highest BCUT2D eigenvalue weighted by molar-refractivity contribution is 14.1. The highest BCUT2D eigenvalue weighted by Crippen LogP contribution is 2.38. The third kappa shape index (κ3) is 18.9. The van der Waals surface area contributed by atoms with Gasteiger partial charge in [0, 0.05) is 137 Å². The second-order valence-corrected chi connectivity index (χ2v) is 33.2. The number of hydrogen-bond donors (Lipinski definition) is 3. The van der Waals surface area contributed by atoms with Crippen molar-refractivity contribution in [2.45, 2.75) is 104 Å². The number of ether oxygens (including phenoxy) is 1. The van der Waals surface area contributed by atoms with Gasteiger partial charge in [-0.3, -0.25) is 37.6 Å². The molecule has 18 nitrogen and oxygen atoms in total. The van der Waals surface area contributed by atoms with Crippen LogP contribution in [-0.2, 0) is 57.4 Å². The molecular formula is C75H75Cl6IN6O12Si. The molecule has 0 atom stereocenters. The van der Waals surface area contributed by atoms with Gasteiger partial charge in [0.05, 0.1) is 0 Å². The molecule has 0 bridgehead atoms. The Balaban J connectivity index is 0.000000176. The van der Waals surface area contributed by atoms with Gasteiger partial charge < -0.3 is 28.2 Å². The number of aliphatic hydroxyl groups is 2. The van der Waals surface area contributed by atoms with Crippen LogP contribution in [0.1, 0.15) is 66.0 Å². The number of nitrogens with zero attached hydrogens (tertiary/aromatic N) is 5. The average molecular weight is 1620 g/mol. The van der Waals surface area contributed by atoms with Crippen LogP contribution >= 0.6 is 92.2 Å². The van der Waals surface area contributed by atoms with Gasteiger partial charge in [-0.1, -0.05) is 198 Å². The zero-order chi connectivity index (χ0) is 72.8. The van der Waals surface area contributed by atoms with E-state index in [0.29, 0.717) is 143 Å². The summed E-state index contributed by atoms with van der Waals surface area (Å²) < 4.78 is 30.7. The molecule has 0 aliphatic carbocycles. The number of aliphatic hydroxyl groups excluding tert-OH is 2. The minimum absolute atomic E-state index is 0.00903. The van der Waals surface area contributed by atoms with Crippen molar-refractivity contribution in [3.63, 3.8) is 0 Å². The van der Waals surface area contributed by atoms with Crippen molar-refractivity contribution in [2.24, 2.45) is 7.05 Å². The Bertz CT molecular complexity index is 5260. The second kappa shape index (κ2) is 35.6. The molecule has 101 heavy (non-hydrogen) atoms. The zero-order valence-electron chi connectivity index (χ0n) is 56.3. The predicted octanol–water partition coefficient (Wildman–Crippen LogP) is 17.0. The van der Waals surface area contributed by atoms with E-state index in [9.17, 15) is 33.9 Å². The number of halogens is 7. The third-order valence-electron chi connectivity index (χ3n) is 16.5. The number of rotatable bonds is 23. The number of aryl methyl sites for hydroxylation is 1. The summed E-state index contributed by atoms with van der Waals surface area (Å²) in [7, 11) is 0.252. The van der Waals surface area contributed by atoms with Crippen LogP contribution in [0.2, 0.25) is 55.8 Å². The summed E-state index contributed by atoms with van der Waals surface area (Å²) >= 11 is 39.0. The van der Waals surface area contributed by atoms with Crippen molar-refractivity contribution in [1.29, 1.82) is 0 Å². The zero-order valence-corrected chi connectivity index (χ0v) is 64.0. The van der Waals surface area contributed by atoms with Crippen molar-refractivity contribution in [1.82, 2.24) is 27.8 Å². The summed E-state index contributed by atoms with van der Waals surface area (Å²) in [6, 6.07) is 44.7. The number of benzene rings is 6. The van der Waals surface area contributed by atoms with E-state index in [1.54, 1.807) is 79.8 Å². The number of aromatic nitrogens is 6. The van der Waals surface area contributed by atoms with Crippen LogP contribution in [-0.4, -0.2) is 70.9 Å². The first-order chi connectivity index (χ1) is 48.5. The lowest BCUT2D eigenvalue weighted by atomic mass is 9.99. The lowest BCUT2D eigenvalue weighted by molar-refractivity contribution is 0.0837. The monoisotopic (exact) mass is 1620 g/mol. The molecule has 12 rings (SSSR count). The van der Waals surface area contributed by atoms with Gasteiger partial charge in [0.15, 0.2) is 0 Å². The van der Waals surface area contributed by atoms with Crippen molar-refractivity contribution >= 4 is 134 Å². The smallest absolute Gasteiger partial charge is 0.335 e. The Morgan fingerprint density at radius 1 is 0.475 bits per heavy atom. The van der Waals surface area contributed by atoms with Gasteiger partial charge in [-0.15, -0.1) is 0 Å². The average Bonchev–Trinajstić information content (AvgIpc) is 1.62. The third-order valence-corrected chi connectivity index (χ3v) is 19.7. The Labute approximate surface area is 625 Å². The van der Waals surface area contributed by atoms with Gasteiger partial charge in [0.1, 0.15) is 40.2 Å². The molecule has 0 radical (unpaired) electrons. The minimum atomic E-state index is -1.31. The van der Waals surface area contributed by atoms with E-state index in [4.69, 9.17) is 92.7 Å². The fraction of sp³-hybridized carbons (Fsp3) is 0.280. The Kier molecular flexibility index (Phi) is 27.4. The first kappa shape index (κ1) is 77.7. The van der Waals surface area contributed by atoms with Crippen LogP contribution in [0.25, 0.3) is 67.3 Å². The van der Waals surface area contributed by atoms with E-state index < -0.39 is 36.3 Å². The molecule has 0 aliphatic rings. The topological polar surface area (TPSA) is 232 Å². The Hall–Kier alpha value is -7.45. The SMILES string of the molecule is CCCCn1c(=O)c2c(Cc3ccc(Cl)cc3)c(-c3cccc(Cl)c3)oc2n(COCC[Si](C)(C)C)c1=O.CI.Cn1c(=O)n(CCCO)c(=O)c2c(Cc3ccc(Cl)cc3)c(-c3cccc(Cl)c3)oc21.O=c1[nH]c2oc(-c3cccc(Cl)c3)c(Cc3ccc(Cl)cc3)c2c(=O)n1CCCO. The van der Waals surface area contributed by atoms with Gasteiger partial charge in [-0.05, 0) is 120 Å². The van der Waals surface area contributed by atoms with Gasteiger partial charge >= 0.3 is 17.1 Å². The van der Waals surface area contributed by atoms with E-state index >= 15 is 0 Å². The van der Waals surface area contributed by atoms with E-state index in [2.05, 4.69) is 47.2 Å². The molecule has 0 amide bonds. The minimum Gasteiger partial charge on any atom is -0.439 e. The number of hydrogen-bond acceptors (Lipinski definition) is 12. The summed E-state index contributed by atoms with van der Waals surface area (Å²) in [5, 5.41) is 22.8. The second-order valence-electron chi connectivity index (χ2n) is 24.9. The number of alkyl halides is 1. The normalized spacial score (nSPS) is 11.4. The summed E-state index contributed by atoms with van der Waals surface area (Å²) in [6.45, 7) is 9.72. The summed E-state index contributed by atoms with van der Waals surface area (Å²) in [4.78, 5) is 83.7. The number of fused-ring (bicyclic) bond motifs is 3. The van der Waals surface area contributed by atoms with Crippen molar-refractivity contribution in [3.05, 3.63) is 272 Å². The Morgan fingerprint density at radius 2 is 0.861 bits per heavy atom. The number of nitrogens with one attached hydrogen (secondary N) is 1. The number of aromatic amines is 1. The van der Waals surface area contributed by atoms with Crippen LogP contribution in [0.4, 0.5) is 0 Å². The largest absolute Gasteiger partial charge is 0.439 e. The fourth-order valence-electron chi connectivity index (χ4n) is 11.4. The van der Waals surface area contributed by atoms with Crippen LogP contribution in [0.3, 0.4) is 0 Å². The van der Waals surface area contributed by atoms with E-state index in [-0.39, 0.29) is 55.7 Å².